The van der Waals surface area contributed by atoms with Gasteiger partial charge in [-0.25, -0.2) is 0 Å². The molecule has 0 spiro atoms. The minimum absolute atomic E-state index is 0. The predicted octanol–water partition coefficient (Wildman–Crippen LogP) is -0.744. The maximum atomic E-state index is 10.1. The number of Topliss-reactive ketones (excluding diaryl/α,β-unsaturated/α-hetero) is 1. The molecule has 0 radical (unpaired) electrons. The van der Waals surface area contributed by atoms with Crippen LogP contribution in [0.2, 0.25) is 0 Å². The quantitative estimate of drug-likeness (QED) is 0.533. The first-order valence-corrected chi connectivity index (χ1v) is 2.34. The number of carbonyl (C=O) groups is 2. The smallest absolute Gasteiger partial charge is 0.303 e. The molecule has 0 atom stereocenters. The maximum Gasteiger partial charge on any atom is 0.303 e. The second-order valence-electron chi connectivity index (χ2n) is 1.60. The normalized spacial score (nSPS) is 7.67. The zero-order chi connectivity index (χ0) is 6.57. The van der Waals surface area contributed by atoms with Crippen molar-refractivity contribution >= 4 is 29.1 Å². The molecule has 0 aromatic carbocycles. The molecule has 0 bridgehead atoms. The van der Waals surface area contributed by atoms with Gasteiger partial charge in [-0.2, -0.15) is 0 Å². The molecule has 0 aromatic heterocycles. The van der Waals surface area contributed by atoms with E-state index < -0.39 is 5.97 Å². The fourth-order valence-electron chi connectivity index (χ4n) is 0.283. The van der Waals surface area contributed by atoms with E-state index in [4.69, 9.17) is 5.11 Å². The molecule has 0 aliphatic heterocycles. The lowest BCUT2D eigenvalue weighted by molar-refractivity contribution is -0.138. The largest absolute Gasteiger partial charge is 0.481 e. The van der Waals surface area contributed by atoms with Gasteiger partial charge in [0.2, 0.25) is 0 Å². The van der Waals surface area contributed by atoms with Crippen molar-refractivity contribution in [3.8, 4) is 0 Å². The summed E-state index contributed by atoms with van der Waals surface area (Å²) in [6.45, 7) is 1.38. The molecule has 0 saturated carbocycles. The Morgan fingerprint density at radius 2 is 1.78 bits per heavy atom. The van der Waals surface area contributed by atoms with Crippen LogP contribution >= 0.6 is 0 Å². The Hall–Kier alpha value is -0.328. The van der Waals surface area contributed by atoms with Crippen LogP contribution in [0, 0.1) is 0 Å². The summed E-state index contributed by atoms with van der Waals surface area (Å²) < 4.78 is 0. The molecule has 3 nitrogen and oxygen atoms in total. The molecule has 0 amide bonds. The molecule has 0 aliphatic rings. The Balaban J connectivity index is 0. The van der Waals surface area contributed by atoms with Crippen LogP contribution in [0.4, 0.5) is 0 Å². The van der Waals surface area contributed by atoms with Crippen LogP contribution in [0.3, 0.4) is 0 Å². The van der Waals surface area contributed by atoms with E-state index in [1.165, 1.54) is 6.92 Å². The van der Waals surface area contributed by atoms with Crippen LogP contribution in [0.25, 0.3) is 0 Å². The van der Waals surface area contributed by atoms with Crippen LogP contribution < -0.4 is 0 Å². The van der Waals surface area contributed by atoms with E-state index in [1.54, 1.807) is 0 Å². The zero-order valence-corrected chi connectivity index (χ0v) is 4.68. The number of rotatable bonds is 3. The highest BCUT2D eigenvalue weighted by Crippen LogP contribution is 1.87. The number of hydrogen-bond acceptors (Lipinski definition) is 2. The minimum atomic E-state index is -0.916. The molecule has 0 rings (SSSR count). The van der Waals surface area contributed by atoms with E-state index in [2.05, 4.69) is 0 Å². The molecule has 0 aromatic rings. The Kier molecular flexibility index (Phi) is 7.39. The fraction of sp³-hybridized carbons (Fsp3) is 0.600. The van der Waals surface area contributed by atoms with Gasteiger partial charge < -0.3 is 9.90 Å². The van der Waals surface area contributed by atoms with E-state index >= 15 is 0 Å². The van der Waals surface area contributed by atoms with Gasteiger partial charge in [-0.3, -0.25) is 4.79 Å². The van der Waals surface area contributed by atoms with Gasteiger partial charge in [0.25, 0.3) is 0 Å². The summed E-state index contributed by atoms with van der Waals surface area (Å²) in [5, 5.41) is 8.01. The second-order valence-corrected chi connectivity index (χ2v) is 1.60. The van der Waals surface area contributed by atoms with Gasteiger partial charge in [0.1, 0.15) is 5.78 Å². The summed E-state index contributed by atoms with van der Waals surface area (Å²) in [6.07, 6.45) is 0.102. The Labute approximate surface area is 64.2 Å². The highest BCUT2D eigenvalue weighted by Gasteiger charge is 1.97. The molecule has 4 heteroatoms. The molecule has 0 aliphatic carbocycles. The maximum absolute atomic E-state index is 10.1. The third kappa shape index (κ3) is 11.3. The Morgan fingerprint density at radius 3 is 1.89 bits per heavy atom. The summed E-state index contributed by atoms with van der Waals surface area (Å²) in [6, 6.07) is 0. The van der Waals surface area contributed by atoms with Crippen molar-refractivity contribution in [2.24, 2.45) is 0 Å². The summed E-state index contributed by atoms with van der Waals surface area (Å²) in [5.41, 5.74) is 0. The molecular weight excluding hydrogens is 135 g/mol. The molecule has 52 valence electrons. The highest BCUT2D eigenvalue weighted by atomic mass is 27.0. The van der Waals surface area contributed by atoms with Gasteiger partial charge in [0.05, 0.1) is 6.42 Å². The van der Waals surface area contributed by atoms with E-state index in [0.717, 1.165) is 0 Å². The van der Waals surface area contributed by atoms with Gasteiger partial charge in [0.15, 0.2) is 17.4 Å². The fourth-order valence-corrected chi connectivity index (χ4v) is 0.283. The second kappa shape index (κ2) is 5.80. The lowest BCUT2D eigenvalue weighted by Gasteiger charge is -1.86. The van der Waals surface area contributed by atoms with E-state index in [1.807, 2.05) is 0 Å². The highest BCUT2D eigenvalue weighted by molar-refractivity contribution is 5.80. The summed E-state index contributed by atoms with van der Waals surface area (Å²) in [5.74, 6) is -0.993. The van der Waals surface area contributed by atoms with E-state index in [9.17, 15) is 9.59 Å². The summed E-state index contributed by atoms with van der Waals surface area (Å²) in [4.78, 5) is 19.8. The van der Waals surface area contributed by atoms with Crippen molar-refractivity contribution < 1.29 is 14.7 Å². The van der Waals surface area contributed by atoms with Crippen molar-refractivity contribution in [1.29, 1.82) is 0 Å². The zero-order valence-electron chi connectivity index (χ0n) is 4.68. The monoisotopic (exact) mass is 146 g/mol. The van der Waals surface area contributed by atoms with Gasteiger partial charge in [-0.1, -0.05) is 0 Å². The van der Waals surface area contributed by atoms with Crippen LogP contribution in [0.1, 0.15) is 19.8 Å². The van der Waals surface area contributed by atoms with Crippen LogP contribution in [0.5, 0.6) is 0 Å². The molecule has 1 N–H and O–H groups in total. The third-order valence-corrected chi connectivity index (χ3v) is 0.691. The number of hydrogen-bond donors (Lipinski definition) is 1. The molecule has 9 heavy (non-hydrogen) atoms. The summed E-state index contributed by atoms with van der Waals surface area (Å²) >= 11 is 0. The number of carboxylic acids is 1. The third-order valence-electron chi connectivity index (χ3n) is 0.691. The van der Waals surface area contributed by atoms with Gasteiger partial charge in [0, 0.05) is 6.42 Å². The van der Waals surface area contributed by atoms with Crippen molar-refractivity contribution in [2.75, 3.05) is 0 Å². The molecule has 0 heterocycles. The van der Waals surface area contributed by atoms with Crippen molar-refractivity contribution in [3.63, 3.8) is 0 Å². The summed E-state index contributed by atoms with van der Waals surface area (Å²) in [7, 11) is 0. The Morgan fingerprint density at radius 1 is 1.33 bits per heavy atom. The number of ketones is 1. The van der Waals surface area contributed by atoms with Crippen LogP contribution in [-0.4, -0.2) is 34.2 Å². The van der Waals surface area contributed by atoms with Gasteiger partial charge in [-0.15, -0.1) is 0 Å². The van der Waals surface area contributed by atoms with Crippen molar-refractivity contribution in [2.45, 2.75) is 19.8 Å². The average Bonchev–Trinajstić information content (AvgIpc) is 1.61. The van der Waals surface area contributed by atoms with Gasteiger partial charge in [-0.05, 0) is 6.92 Å². The minimum Gasteiger partial charge on any atom is -0.481 e. The lowest BCUT2D eigenvalue weighted by atomic mass is 10.2. The number of carboxylic acid groups (broad SMARTS) is 1. The number of aliphatic carboxylic acids is 1. The van der Waals surface area contributed by atoms with Crippen molar-refractivity contribution in [1.82, 2.24) is 0 Å². The first kappa shape index (κ1) is 11.5. The Bertz CT molecular complexity index is 96.8. The lowest BCUT2D eigenvalue weighted by Crippen LogP contribution is -1.98. The topological polar surface area (TPSA) is 54.4 Å². The van der Waals surface area contributed by atoms with Crippen LogP contribution in [-0.2, 0) is 9.59 Å². The SMILES string of the molecule is CC(=O)CCC(=O)O.[AlH3]. The first-order valence-electron chi connectivity index (χ1n) is 2.34. The van der Waals surface area contributed by atoms with E-state index in [0.29, 0.717) is 0 Å². The van der Waals surface area contributed by atoms with Crippen molar-refractivity contribution in [3.05, 3.63) is 0 Å². The van der Waals surface area contributed by atoms with Gasteiger partial charge >= 0.3 is 5.97 Å². The molecular formula is C5H11AlO3. The first-order chi connectivity index (χ1) is 3.63. The number of carbonyl (C=O) groups excluding carboxylic acids is 1. The molecule has 0 fully saturated rings. The molecule has 0 unspecified atom stereocenters. The van der Waals surface area contributed by atoms with Crippen LogP contribution in [0.15, 0.2) is 0 Å². The van der Waals surface area contributed by atoms with E-state index in [-0.39, 0.29) is 36.0 Å². The standard InChI is InChI=1S/C5H8O3.Al.3H/c1-4(6)2-3-5(7)8;;;;/h2-3H2,1H3,(H,7,8);;;;. The molecule has 0 saturated heterocycles. The predicted molar refractivity (Wildman–Crippen MR) is 37.5 cm³/mol. The average molecular weight is 146 g/mol.